The number of fused-ring (bicyclic) bond motifs is 1. The van der Waals surface area contributed by atoms with Gasteiger partial charge in [0.15, 0.2) is 17.6 Å². The Balaban J connectivity index is 1.38. The number of anilines is 3. The summed E-state index contributed by atoms with van der Waals surface area (Å²) < 4.78 is 52.5. The molecule has 5 rings (SSSR count). The van der Waals surface area contributed by atoms with E-state index in [4.69, 9.17) is 9.47 Å². The van der Waals surface area contributed by atoms with Crippen molar-refractivity contribution in [3.8, 4) is 17.2 Å². The van der Waals surface area contributed by atoms with Crippen LogP contribution in [0.1, 0.15) is 30.9 Å². The minimum atomic E-state index is -4.43. The molecule has 1 unspecified atom stereocenters. The molecule has 1 aliphatic heterocycles. The molecule has 0 bridgehead atoms. The molecular weight excluding hydrogens is 437 g/mol. The first-order valence-electron chi connectivity index (χ1n) is 10.6. The summed E-state index contributed by atoms with van der Waals surface area (Å²) in [5, 5.41) is 3.03. The molecule has 2 aromatic heterocycles. The minimum Gasteiger partial charge on any atom is -0.494 e. The zero-order valence-corrected chi connectivity index (χ0v) is 18.1. The fourth-order valence-corrected chi connectivity index (χ4v) is 4.00. The van der Waals surface area contributed by atoms with Gasteiger partial charge in [-0.2, -0.15) is 18.2 Å². The smallest absolute Gasteiger partial charge is 0.412 e. The van der Waals surface area contributed by atoms with E-state index in [2.05, 4.69) is 20.3 Å². The number of hydrogen-bond acceptors (Lipinski definition) is 7. The maximum atomic E-state index is 13.3. The summed E-state index contributed by atoms with van der Waals surface area (Å²) in [5.41, 5.74) is 2.53. The molecule has 2 aliphatic rings. The molecule has 11 heteroatoms. The average molecular weight is 460 g/mol. The van der Waals surface area contributed by atoms with Crippen molar-refractivity contribution in [1.82, 2.24) is 19.5 Å². The molecule has 1 fully saturated rings. The van der Waals surface area contributed by atoms with Crippen molar-refractivity contribution in [3.05, 3.63) is 42.6 Å². The Morgan fingerprint density at radius 2 is 2.03 bits per heavy atom. The summed E-state index contributed by atoms with van der Waals surface area (Å²) >= 11 is 0. The molecule has 33 heavy (non-hydrogen) atoms. The maximum absolute atomic E-state index is 13.3. The molecule has 0 spiro atoms. The summed E-state index contributed by atoms with van der Waals surface area (Å²) in [4.78, 5) is 14.0. The van der Waals surface area contributed by atoms with E-state index in [0.29, 0.717) is 17.4 Å². The fraction of sp³-hybridized carbons (Fsp3) is 0.409. The van der Waals surface area contributed by atoms with Crippen LogP contribution in [0.4, 0.5) is 30.6 Å². The van der Waals surface area contributed by atoms with Crippen LogP contribution in [-0.4, -0.2) is 52.5 Å². The first kappa shape index (κ1) is 21.4. The fourth-order valence-electron chi connectivity index (χ4n) is 4.00. The second-order valence-electron chi connectivity index (χ2n) is 8.21. The number of methoxy groups -OCH3 is 1. The summed E-state index contributed by atoms with van der Waals surface area (Å²) in [6.45, 7) is -0.501. The molecule has 3 aromatic rings. The number of hydrogen-bond donors (Lipinski definition) is 1. The van der Waals surface area contributed by atoms with E-state index in [9.17, 15) is 13.2 Å². The monoisotopic (exact) mass is 460 g/mol. The van der Waals surface area contributed by atoms with Gasteiger partial charge in [-0.05, 0) is 25.0 Å². The number of aromatic nitrogens is 4. The van der Waals surface area contributed by atoms with E-state index in [1.165, 1.54) is 32.5 Å². The molecule has 1 aromatic carbocycles. The number of benzene rings is 1. The molecule has 0 saturated heterocycles. The summed E-state index contributed by atoms with van der Waals surface area (Å²) in [6.07, 6.45) is 4.31. The van der Waals surface area contributed by atoms with Gasteiger partial charge in [0.05, 0.1) is 31.0 Å². The molecule has 1 N–H and O–H groups in total. The quantitative estimate of drug-likeness (QED) is 0.603. The Morgan fingerprint density at radius 3 is 2.73 bits per heavy atom. The zero-order chi connectivity index (χ0) is 23.2. The molecule has 3 heterocycles. The molecule has 1 aliphatic carbocycles. The molecule has 1 saturated carbocycles. The lowest BCUT2D eigenvalue weighted by atomic mass is 9.83. The van der Waals surface area contributed by atoms with Gasteiger partial charge >= 0.3 is 6.18 Å². The van der Waals surface area contributed by atoms with E-state index in [0.717, 1.165) is 16.3 Å². The van der Waals surface area contributed by atoms with E-state index in [1.54, 1.807) is 19.5 Å². The number of likely N-dealkylation sites (N-methyl/N-ethyl adjacent to an activating group) is 1. The van der Waals surface area contributed by atoms with Crippen LogP contribution in [0.5, 0.6) is 11.5 Å². The SMILES string of the molecule is COc1cc(Nc2ncc3c(n2)N(C)C(C(F)(F)F)CO3)ccc1-n1cnc(C2CCC2)c1. The first-order chi connectivity index (χ1) is 15.8. The van der Waals surface area contributed by atoms with Crippen LogP contribution < -0.4 is 19.7 Å². The number of nitrogens with one attached hydrogen (secondary N) is 1. The van der Waals surface area contributed by atoms with Crippen molar-refractivity contribution in [2.45, 2.75) is 37.4 Å². The highest BCUT2D eigenvalue weighted by molar-refractivity contribution is 5.64. The largest absolute Gasteiger partial charge is 0.494 e. The third-order valence-corrected chi connectivity index (χ3v) is 6.15. The molecule has 8 nitrogen and oxygen atoms in total. The molecule has 174 valence electrons. The van der Waals surface area contributed by atoms with Crippen LogP contribution in [0.15, 0.2) is 36.9 Å². The van der Waals surface area contributed by atoms with Gasteiger partial charge in [0.2, 0.25) is 5.95 Å². The van der Waals surface area contributed by atoms with Gasteiger partial charge in [-0.15, -0.1) is 0 Å². The van der Waals surface area contributed by atoms with Crippen LogP contribution in [0.2, 0.25) is 0 Å². The third-order valence-electron chi connectivity index (χ3n) is 6.15. The van der Waals surface area contributed by atoms with Crippen molar-refractivity contribution in [3.63, 3.8) is 0 Å². The van der Waals surface area contributed by atoms with Crippen molar-refractivity contribution in [2.24, 2.45) is 0 Å². The lowest BCUT2D eigenvalue weighted by molar-refractivity contribution is -0.155. The standard InChI is InChI=1S/C22H23F3N6O2/c1-30-19(22(23,24)25)11-33-18-9-26-21(29-20(18)30)28-14-6-7-16(17(8-14)32-2)31-10-15(27-12-31)13-4-3-5-13/h6-10,12-13,19H,3-5,11H2,1-2H3,(H,26,28,29). The lowest BCUT2D eigenvalue weighted by Crippen LogP contribution is -2.50. The maximum Gasteiger partial charge on any atom is 0.412 e. The molecule has 1 atom stereocenters. The van der Waals surface area contributed by atoms with Gasteiger partial charge in [0.25, 0.3) is 0 Å². The van der Waals surface area contributed by atoms with E-state index in [1.807, 2.05) is 22.9 Å². The second-order valence-corrected chi connectivity index (χ2v) is 8.21. The minimum absolute atomic E-state index is 0.0756. The normalized spacial score (nSPS) is 18.3. The van der Waals surface area contributed by atoms with Gasteiger partial charge in [-0.25, -0.2) is 9.97 Å². The highest BCUT2D eigenvalue weighted by Crippen LogP contribution is 2.38. The number of alkyl halides is 3. The molecular formula is C22H23F3N6O2. The van der Waals surface area contributed by atoms with Gasteiger partial charge in [0.1, 0.15) is 12.4 Å². The second kappa shape index (κ2) is 8.13. The van der Waals surface area contributed by atoms with Crippen LogP contribution >= 0.6 is 0 Å². The predicted octanol–water partition coefficient (Wildman–Crippen LogP) is 4.44. The Morgan fingerprint density at radius 1 is 1.21 bits per heavy atom. The van der Waals surface area contributed by atoms with Gasteiger partial charge in [-0.1, -0.05) is 6.42 Å². The van der Waals surface area contributed by atoms with E-state index < -0.39 is 18.8 Å². The van der Waals surface area contributed by atoms with Crippen molar-refractivity contribution in [2.75, 3.05) is 31.0 Å². The average Bonchev–Trinajstić information content (AvgIpc) is 3.21. The van der Waals surface area contributed by atoms with Crippen LogP contribution in [0, 0.1) is 0 Å². The van der Waals surface area contributed by atoms with Crippen molar-refractivity contribution in [1.29, 1.82) is 0 Å². The number of rotatable bonds is 5. The highest BCUT2D eigenvalue weighted by atomic mass is 19.4. The highest BCUT2D eigenvalue weighted by Gasteiger charge is 2.46. The number of halogens is 3. The van der Waals surface area contributed by atoms with Crippen LogP contribution in [0.3, 0.4) is 0 Å². The van der Waals surface area contributed by atoms with Gasteiger partial charge < -0.3 is 24.3 Å². The van der Waals surface area contributed by atoms with Gasteiger partial charge in [0, 0.05) is 30.9 Å². The van der Waals surface area contributed by atoms with E-state index >= 15 is 0 Å². The topological polar surface area (TPSA) is 77.3 Å². The molecule has 0 radical (unpaired) electrons. The Kier molecular flexibility index (Phi) is 5.26. The molecule has 0 amide bonds. The summed E-state index contributed by atoms with van der Waals surface area (Å²) in [5.74, 6) is 1.56. The number of ether oxygens (including phenoxy) is 2. The van der Waals surface area contributed by atoms with Crippen molar-refractivity contribution >= 4 is 17.5 Å². The number of imidazole rings is 1. The summed E-state index contributed by atoms with van der Waals surface area (Å²) in [6, 6.07) is 3.70. The first-order valence-corrected chi connectivity index (χ1v) is 10.6. The Labute approximate surface area is 188 Å². The zero-order valence-electron chi connectivity index (χ0n) is 18.1. The van der Waals surface area contributed by atoms with Crippen molar-refractivity contribution < 1.29 is 22.6 Å². The van der Waals surface area contributed by atoms with Gasteiger partial charge in [-0.3, -0.25) is 0 Å². The van der Waals surface area contributed by atoms with E-state index in [-0.39, 0.29) is 17.5 Å². The van der Waals surface area contributed by atoms with Crippen LogP contribution in [-0.2, 0) is 0 Å². The third kappa shape index (κ3) is 4.03. The predicted molar refractivity (Wildman–Crippen MR) is 116 cm³/mol. The Hall–Kier alpha value is -3.50. The Bertz CT molecular complexity index is 1160. The lowest BCUT2D eigenvalue weighted by Gasteiger charge is -2.35. The summed E-state index contributed by atoms with van der Waals surface area (Å²) in [7, 11) is 2.92. The van der Waals surface area contributed by atoms with Crippen LogP contribution in [0.25, 0.3) is 5.69 Å². The number of nitrogens with zero attached hydrogens (tertiary/aromatic N) is 5.